The summed E-state index contributed by atoms with van der Waals surface area (Å²) in [5, 5.41) is 0. The van der Waals surface area contributed by atoms with Gasteiger partial charge in [0.05, 0.1) is 6.61 Å². The maximum absolute atomic E-state index is 11.3. The average molecular weight is 314 g/mol. The Morgan fingerprint density at radius 3 is 2.81 bits per heavy atom. The number of rotatable bonds is 4. The number of ether oxygens (including phenoxy) is 2. The van der Waals surface area contributed by atoms with Gasteiger partial charge in [-0.3, -0.25) is 0 Å². The Bertz CT molecular complexity index is 502. The molecule has 0 unspecified atom stereocenters. The van der Waals surface area contributed by atoms with Crippen molar-refractivity contribution < 1.29 is 14.3 Å². The molecule has 2 N–H and O–H groups in total. The van der Waals surface area contributed by atoms with Crippen molar-refractivity contribution in [1.82, 2.24) is 0 Å². The van der Waals surface area contributed by atoms with Gasteiger partial charge < -0.3 is 15.2 Å². The molecule has 118 valence electrons. The number of benzene rings is 1. The van der Waals surface area contributed by atoms with Gasteiger partial charge in [-0.1, -0.05) is 19.9 Å². The van der Waals surface area contributed by atoms with Crippen LogP contribution < -0.4 is 10.5 Å². The molecule has 1 aliphatic rings. The predicted octanol–water partition coefficient (Wildman–Crippen LogP) is 2.60. The Morgan fingerprint density at radius 1 is 1.43 bits per heavy atom. The molecule has 0 amide bonds. The van der Waals surface area contributed by atoms with Gasteiger partial charge in [-0.25, -0.2) is 4.79 Å². The molecule has 1 aromatic carbocycles. The molecule has 0 heterocycles. The van der Waals surface area contributed by atoms with E-state index in [4.69, 9.17) is 15.2 Å². The Balaban J connectivity index is 0.00000220. The number of hydrogen-bond acceptors (Lipinski definition) is 4. The Hall–Kier alpha value is -1.26. The fourth-order valence-corrected chi connectivity index (χ4v) is 2.68. The van der Waals surface area contributed by atoms with Crippen LogP contribution in [0.25, 0.3) is 0 Å². The van der Waals surface area contributed by atoms with Crippen LogP contribution in [0.5, 0.6) is 5.75 Å². The minimum Gasteiger partial charge on any atom is -0.482 e. The smallest absolute Gasteiger partial charge is 0.344 e. The standard InChI is InChI=1S/C16H23NO3.ClH/c1-4-19-15(18)10-20-12-7-5-11-6-8-14(17)16(2,3)13(11)9-12;/h5,7,9,14H,4,6,8,10,17H2,1-3H3;1H/t14-;/m0./s1. The van der Waals surface area contributed by atoms with Crippen LogP contribution in [0.4, 0.5) is 0 Å². The molecule has 0 saturated heterocycles. The molecule has 0 bridgehead atoms. The second-order valence-corrected chi connectivity index (χ2v) is 5.78. The molecular weight excluding hydrogens is 290 g/mol. The van der Waals surface area contributed by atoms with Gasteiger partial charge in [0.15, 0.2) is 6.61 Å². The molecule has 0 radical (unpaired) electrons. The Labute approximate surface area is 132 Å². The lowest BCUT2D eigenvalue weighted by Gasteiger charge is -2.38. The van der Waals surface area contributed by atoms with Crippen LogP contribution in [-0.2, 0) is 21.4 Å². The monoisotopic (exact) mass is 313 g/mol. The molecule has 0 spiro atoms. The summed E-state index contributed by atoms with van der Waals surface area (Å²) in [5.74, 6) is 0.347. The molecule has 1 atom stereocenters. The van der Waals surface area contributed by atoms with Crippen molar-refractivity contribution in [2.75, 3.05) is 13.2 Å². The first-order valence-corrected chi connectivity index (χ1v) is 7.12. The third kappa shape index (κ3) is 3.89. The predicted molar refractivity (Wildman–Crippen MR) is 85.1 cm³/mol. The number of carbonyl (C=O) groups excluding carboxylic acids is 1. The van der Waals surface area contributed by atoms with E-state index in [9.17, 15) is 4.79 Å². The summed E-state index contributed by atoms with van der Waals surface area (Å²) in [5.41, 5.74) is 8.69. The van der Waals surface area contributed by atoms with Crippen molar-refractivity contribution >= 4 is 18.4 Å². The van der Waals surface area contributed by atoms with Crippen LogP contribution in [0.3, 0.4) is 0 Å². The van der Waals surface area contributed by atoms with E-state index in [0.29, 0.717) is 12.4 Å². The topological polar surface area (TPSA) is 61.5 Å². The van der Waals surface area contributed by atoms with Gasteiger partial charge in [0.2, 0.25) is 0 Å². The third-order valence-corrected chi connectivity index (χ3v) is 4.09. The fourth-order valence-electron chi connectivity index (χ4n) is 2.68. The second kappa shape index (κ2) is 7.14. The van der Waals surface area contributed by atoms with Crippen LogP contribution in [0, 0.1) is 0 Å². The van der Waals surface area contributed by atoms with Crippen molar-refractivity contribution in [2.45, 2.75) is 45.1 Å². The molecule has 2 rings (SSSR count). The summed E-state index contributed by atoms with van der Waals surface area (Å²) in [6, 6.07) is 6.14. The fraction of sp³-hybridized carbons (Fsp3) is 0.562. The minimum atomic E-state index is -0.346. The molecule has 5 heteroatoms. The first-order chi connectivity index (χ1) is 9.45. The average Bonchev–Trinajstić information content (AvgIpc) is 2.42. The van der Waals surface area contributed by atoms with Gasteiger partial charge in [0.1, 0.15) is 5.75 Å². The molecule has 4 nitrogen and oxygen atoms in total. The summed E-state index contributed by atoms with van der Waals surface area (Å²) in [6.07, 6.45) is 2.00. The number of fused-ring (bicyclic) bond motifs is 1. The van der Waals surface area contributed by atoms with Crippen LogP contribution in [0.15, 0.2) is 18.2 Å². The largest absolute Gasteiger partial charge is 0.482 e. The quantitative estimate of drug-likeness (QED) is 0.868. The van der Waals surface area contributed by atoms with Gasteiger partial charge in [-0.05, 0) is 43.0 Å². The Kier molecular flexibility index (Phi) is 6.05. The molecular formula is C16H24ClNO3. The molecule has 0 aromatic heterocycles. The van der Waals surface area contributed by atoms with Gasteiger partial charge in [-0.15, -0.1) is 12.4 Å². The maximum Gasteiger partial charge on any atom is 0.344 e. The van der Waals surface area contributed by atoms with Crippen molar-refractivity contribution in [3.63, 3.8) is 0 Å². The van der Waals surface area contributed by atoms with E-state index in [1.54, 1.807) is 6.92 Å². The lowest BCUT2D eigenvalue weighted by molar-refractivity contribution is -0.145. The molecule has 1 aliphatic carbocycles. The SMILES string of the molecule is CCOC(=O)COc1ccc2c(c1)C(C)(C)[C@@H](N)CC2.Cl. The normalized spacial score (nSPS) is 19.1. The summed E-state index contributed by atoms with van der Waals surface area (Å²) < 4.78 is 10.3. The number of hydrogen-bond donors (Lipinski definition) is 1. The highest BCUT2D eigenvalue weighted by Gasteiger charge is 2.34. The number of halogens is 1. The molecule has 0 aliphatic heterocycles. The number of nitrogens with two attached hydrogens (primary N) is 1. The van der Waals surface area contributed by atoms with Crippen molar-refractivity contribution in [3.8, 4) is 5.75 Å². The zero-order valence-electron chi connectivity index (χ0n) is 12.8. The van der Waals surface area contributed by atoms with Crippen LogP contribution in [0.2, 0.25) is 0 Å². The van der Waals surface area contributed by atoms with Gasteiger partial charge in [0, 0.05) is 11.5 Å². The van der Waals surface area contributed by atoms with E-state index in [1.807, 2.05) is 12.1 Å². The Morgan fingerprint density at radius 2 is 2.14 bits per heavy atom. The van der Waals surface area contributed by atoms with Crippen LogP contribution in [0.1, 0.15) is 38.3 Å². The maximum atomic E-state index is 11.3. The van der Waals surface area contributed by atoms with Gasteiger partial charge in [-0.2, -0.15) is 0 Å². The summed E-state index contributed by atoms with van der Waals surface area (Å²) in [4.78, 5) is 11.3. The molecule has 21 heavy (non-hydrogen) atoms. The van der Waals surface area contributed by atoms with E-state index in [0.717, 1.165) is 12.8 Å². The van der Waals surface area contributed by atoms with Gasteiger partial charge in [0.25, 0.3) is 0 Å². The lowest BCUT2D eigenvalue weighted by Crippen LogP contribution is -2.44. The van der Waals surface area contributed by atoms with Crippen molar-refractivity contribution in [1.29, 1.82) is 0 Å². The third-order valence-electron chi connectivity index (χ3n) is 4.09. The van der Waals surface area contributed by atoms with Crippen molar-refractivity contribution in [3.05, 3.63) is 29.3 Å². The second-order valence-electron chi connectivity index (χ2n) is 5.78. The molecule has 0 saturated carbocycles. The van der Waals surface area contributed by atoms with E-state index < -0.39 is 0 Å². The number of aryl methyl sites for hydroxylation is 1. The zero-order chi connectivity index (χ0) is 14.8. The van der Waals surface area contributed by atoms with Crippen LogP contribution >= 0.6 is 12.4 Å². The zero-order valence-corrected chi connectivity index (χ0v) is 13.7. The van der Waals surface area contributed by atoms with Crippen molar-refractivity contribution in [2.24, 2.45) is 5.73 Å². The summed E-state index contributed by atoms with van der Waals surface area (Å²) in [6.45, 7) is 6.41. The first kappa shape index (κ1) is 17.8. The van der Waals surface area contributed by atoms with E-state index >= 15 is 0 Å². The van der Waals surface area contributed by atoms with Gasteiger partial charge >= 0.3 is 5.97 Å². The number of esters is 1. The highest BCUT2D eigenvalue weighted by molar-refractivity contribution is 5.85. The highest BCUT2D eigenvalue weighted by Crippen LogP contribution is 2.37. The lowest BCUT2D eigenvalue weighted by atomic mass is 9.69. The molecule has 1 aromatic rings. The highest BCUT2D eigenvalue weighted by atomic mass is 35.5. The van der Waals surface area contributed by atoms with E-state index in [2.05, 4.69) is 19.9 Å². The summed E-state index contributed by atoms with van der Waals surface area (Å²) >= 11 is 0. The first-order valence-electron chi connectivity index (χ1n) is 7.12. The minimum absolute atomic E-state index is 0. The number of carbonyl (C=O) groups is 1. The van der Waals surface area contributed by atoms with Crippen LogP contribution in [-0.4, -0.2) is 25.2 Å². The molecule has 0 fully saturated rings. The van der Waals surface area contributed by atoms with E-state index in [-0.39, 0.29) is 36.4 Å². The summed E-state index contributed by atoms with van der Waals surface area (Å²) in [7, 11) is 0. The van der Waals surface area contributed by atoms with E-state index in [1.165, 1.54) is 11.1 Å².